The molecule has 0 aromatic carbocycles. The third-order valence-electron chi connectivity index (χ3n) is 3.02. The number of pyridine rings is 1. The lowest BCUT2D eigenvalue weighted by molar-refractivity contribution is 0.0651. The Hall–Kier alpha value is -1.13. The molecule has 0 saturated carbocycles. The van der Waals surface area contributed by atoms with Crippen molar-refractivity contribution in [1.82, 2.24) is 15.2 Å². The number of nitrogens with zero attached hydrogens (tertiary/aromatic N) is 2. The molecule has 100 valence electrons. The number of amides is 1. The maximum absolute atomic E-state index is 12.3. The van der Waals surface area contributed by atoms with Crippen LogP contribution >= 0.6 is 12.4 Å². The molecule has 0 radical (unpaired) electrons. The van der Waals surface area contributed by atoms with E-state index in [-0.39, 0.29) is 23.9 Å². The molecule has 0 bridgehead atoms. The van der Waals surface area contributed by atoms with Crippen LogP contribution in [-0.2, 0) is 0 Å². The van der Waals surface area contributed by atoms with E-state index in [0.717, 1.165) is 25.3 Å². The first-order valence-electron chi connectivity index (χ1n) is 5.95. The minimum absolute atomic E-state index is 0. The van der Waals surface area contributed by atoms with Crippen LogP contribution in [0.3, 0.4) is 0 Å². The third-order valence-corrected chi connectivity index (χ3v) is 3.02. The van der Waals surface area contributed by atoms with Gasteiger partial charge in [0.15, 0.2) is 0 Å². The molecule has 1 aliphatic rings. The van der Waals surface area contributed by atoms with Crippen LogP contribution in [0.4, 0.5) is 0 Å². The van der Waals surface area contributed by atoms with Gasteiger partial charge < -0.3 is 10.2 Å². The van der Waals surface area contributed by atoms with Crippen molar-refractivity contribution in [2.45, 2.75) is 26.3 Å². The second-order valence-electron chi connectivity index (χ2n) is 5.23. The maximum atomic E-state index is 12.3. The number of carbonyl (C=O) groups excluding carboxylic acids is 1. The highest BCUT2D eigenvalue weighted by Crippen LogP contribution is 2.13. The third kappa shape index (κ3) is 3.43. The zero-order valence-electron chi connectivity index (χ0n) is 11.1. The first-order valence-corrected chi connectivity index (χ1v) is 5.95. The normalized spacial score (nSPS) is 18.1. The van der Waals surface area contributed by atoms with Crippen LogP contribution in [0.5, 0.6) is 0 Å². The first-order chi connectivity index (χ1) is 7.98. The van der Waals surface area contributed by atoms with E-state index in [2.05, 4.69) is 24.1 Å². The van der Waals surface area contributed by atoms with Crippen molar-refractivity contribution in [3.8, 4) is 0 Å². The molecule has 1 aliphatic heterocycles. The monoisotopic (exact) mass is 269 g/mol. The molecule has 1 aromatic rings. The van der Waals surface area contributed by atoms with E-state index in [1.54, 1.807) is 6.20 Å². The molecule has 5 heteroatoms. The smallest absolute Gasteiger partial charge is 0.255 e. The molecule has 4 nitrogen and oxygen atoms in total. The number of nitrogens with one attached hydrogen (secondary N) is 1. The second-order valence-corrected chi connectivity index (χ2v) is 5.23. The summed E-state index contributed by atoms with van der Waals surface area (Å²) in [4.78, 5) is 18.3. The number of carbonyl (C=O) groups is 1. The van der Waals surface area contributed by atoms with Gasteiger partial charge in [0.05, 0.1) is 5.56 Å². The number of aryl methyl sites for hydroxylation is 1. The van der Waals surface area contributed by atoms with Crippen LogP contribution in [0, 0.1) is 6.92 Å². The Balaban J connectivity index is 0.00000162. The number of aromatic nitrogens is 1. The number of piperazine rings is 1. The van der Waals surface area contributed by atoms with Gasteiger partial charge in [-0.1, -0.05) is 0 Å². The van der Waals surface area contributed by atoms with E-state index in [4.69, 9.17) is 0 Å². The molecule has 0 spiro atoms. The van der Waals surface area contributed by atoms with Crippen molar-refractivity contribution in [1.29, 1.82) is 0 Å². The predicted octanol–water partition coefficient (Wildman–Crippen LogP) is 1.64. The largest absolute Gasteiger partial charge is 0.335 e. The van der Waals surface area contributed by atoms with Gasteiger partial charge in [-0.05, 0) is 32.9 Å². The van der Waals surface area contributed by atoms with Gasteiger partial charge in [-0.25, -0.2) is 0 Å². The Kier molecular flexibility index (Phi) is 4.71. The summed E-state index contributed by atoms with van der Waals surface area (Å²) in [6, 6.07) is 3.72. The lowest BCUT2D eigenvalue weighted by Gasteiger charge is -2.39. The molecule has 1 aromatic heterocycles. The standard InChI is InChI=1S/C13H19N3O.ClH/c1-10-4-5-11(8-14-10)12(17)16-7-6-15-13(2,3)9-16;/h4-5,8,15H,6-7,9H2,1-3H3;1H. The summed E-state index contributed by atoms with van der Waals surface area (Å²) in [5.74, 6) is 0.0760. The maximum Gasteiger partial charge on any atom is 0.255 e. The molecule has 1 saturated heterocycles. The van der Waals surface area contributed by atoms with Crippen molar-refractivity contribution >= 4 is 18.3 Å². The SMILES string of the molecule is Cc1ccc(C(=O)N2CCNC(C)(C)C2)cn1.Cl. The van der Waals surface area contributed by atoms with E-state index in [1.165, 1.54) is 0 Å². The van der Waals surface area contributed by atoms with E-state index >= 15 is 0 Å². The fourth-order valence-electron chi connectivity index (χ4n) is 2.09. The van der Waals surface area contributed by atoms with E-state index in [9.17, 15) is 4.79 Å². The number of rotatable bonds is 1. The Morgan fingerprint density at radius 1 is 1.44 bits per heavy atom. The first kappa shape index (κ1) is 14.9. The molecule has 2 heterocycles. The summed E-state index contributed by atoms with van der Waals surface area (Å²) in [5.41, 5.74) is 1.60. The van der Waals surface area contributed by atoms with Crippen LogP contribution in [0.2, 0.25) is 0 Å². The van der Waals surface area contributed by atoms with Gasteiger partial charge >= 0.3 is 0 Å². The van der Waals surface area contributed by atoms with Crippen LogP contribution < -0.4 is 5.32 Å². The second kappa shape index (κ2) is 5.67. The summed E-state index contributed by atoms with van der Waals surface area (Å²) in [6.45, 7) is 8.48. The van der Waals surface area contributed by atoms with Crippen molar-refractivity contribution in [3.05, 3.63) is 29.6 Å². The minimum atomic E-state index is -0.00790. The molecule has 1 amide bonds. The molecule has 2 rings (SSSR count). The summed E-state index contributed by atoms with van der Waals surface area (Å²) < 4.78 is 0. The van der Waals surface area contributed by atoms with Gasteiger partial charge in [0.2, 0.25) is 0 Å². The summed E-state index contributed by atoms with van der Waals surface area (Å²) in [5, 5.41) is 3.39. The molecule has 1 N–H and O–H groups in total. The van der Waals surface area contributed by atoms with E-state index in [1.807, 2.05) is 24.0 Å². The fourth-order valence-corrected chi connectivity index (χ4v) is 2.09. The van der Waals surface area contributed by atoms with Gasteiger partial charge in [-0.2, -0.15) is 0 Å². The predicted molar refractivity (Wildman–Crippen MR) is 74.2 cm³/mol. The van der Waals surface area contributed by atoms with Crippen LogP contribution in [0.1, 0.15) is 29.9 Å². The Bertz CT molecular complexity index is 417. The van der Waals surface area contributed by atoms with Gasteiger partial charge in [0.1, 0.15) is 0 Å². The number of hydrogen-bond acceptors (Lipinski definition) is 3. The molecular formula is C13H20ClN3O. The molecule has 0 aliphatic carbocycles. The Labute approximate surface area is 114 Å². The average molecular weight is 270 g/mol. The summed E-state index contributed by atoms with van der Waals surface area (Å²) in [6.07, 6.45) is 1.66. The molecule has 0 atom stereocenters. The highest BCUT2D eigenvalue weighted by atomic mass is 35.5. The topological polar surface area (TPSA) is 45.2 Å². The lowest BCUT2D eigenvalue weighted by atomic mass is 10.0. The quantitative estimate of drug-likeness (QED) is 0.843. The van der Waals surface area contributed by atoms with Crippen molar-refractivity contribution in [3.63, 3.8) is 0 Å². The van der Waals surface area contributed by atoms with Crippen LogP contribution in [0.25, 0.3) is 0 Å². The van der Waals surface area contributed by atoms with Crippen LogP contribution in [0.15, 0.2) is 18.3 Å². The fraction of sp³-hybridized carbons (Fsp3) is 0.538. The lowest BCUT2D eigenvalue weighted by Crippen LogP contribution is -2.58. The Morgan fingerprint density at radius 2 is 2.17 bits per heavy atom. The zero-order chi connectivity index (χ0) is 12.5. The molecular weight excluding hydrogens is 250 g/mol. The minimum Gasteiger partial charge on any atom is -0.335 e. The molecule has 1 fully saturated rings. The van der Waals surface area contributed by atoms with E-state index in [0.29, 0.717) is 5.56 Å². The summed E-state index contributed by atoms with van der Waals surface area (Å²) in [7, 11) is 0. The van der Waals surface area contributed by atoms with Crippen molar-refractivity contribution < 1.29 is 4.79 Å². The van der Waals surface area contributed by atoms with Crippen LogP contribution in [-0.4, -0.2) is 41.0 Å². The van der Waals surface area contributed by atoms with E-state index < -0.39 is 0 Å². The van der Waals surface area contributed by atoms with Gasteiger partial charge in [-0.15, -0.1) is 12.4 Å². The average Bonchev–Trinajstić information content (AvgIpc) is 2.28. The molecule has 18 heavy (non-hydrogen) atoms. The highest BCUT2D eigenvalue weighted by Gasteiger charge is 2.28. The van der Waals surface area contributed by atoms with Crippen molar-refractivity contribution in [2.24, 2.45) is 0 Å². The zero-order valence-corrected chi connectivity index (χ0v) is 11.9. The number of halogens is 1. The van der Waals surface area contributed by atoms with Gasteiger partial charge in [0, 0.05) is 37.1 Å². The molecule has 0 unspecified atom stereocenters. The number of hydrogen-bond donors (Lipinski definition) is 1. The van der Waals surface area contributed by atoms with Gasteiger partial charge in [0.25, 0.3) is 5.91 Å². The highest BCUT2D eigenvalue weighted by molar-refractivity contribution is 5.94. The van der Waals surface area contributed by atoms with Crippen molar-refractivity contribution in [2.75, 3.05) is 19.6 Å². The Morgan fingerprint density at radius 3 is 2.72 bits per heavy atom. The van der Waals surface area contributed by atoms with Gasteiger partial charge in [-0.3, -0.25) is 9.78 Å². The summed E-state index contributed by atoms with van der Waals surface area (Å²) >= 11 is 0.